The van der Waals surface area contributed by atoms with Crippen LogP contribution in [0.2, 0.25) is 0 Å². The van der Waals surface area contributed by atoms with Gasteiger partial charge in [-0.15, -0.1) is 11.3 Å². The zero-order valence-corrected chi connectivity index (χ0v) is 11.0. The van der Waals surface area contributed by atoms with E-state index in [1.54, 1.807) is 11.3 Å². The first-order valence-electron chi connectivity index (χ1n) is 4.64. The highest BCUT2D eigenvalue weighted by atomic mass is 79.9. The lowest BCUT2D eigenvalue weighted by Crippen LogP contribution is -1.99. The Morgan fingerprint density at radius 3 is 2.87 bits per heavy atom. The smallest absolute Gasteiger partial charge is 0.148 e. The predicted octanol–water partition coefficient (Wildman–Crippen LogP) is 3.16. The number of aromatic nitrogens is 2. The van der Waals surface area contributed by atoms with Crippen molar-refractivity contribution in [2.75, 3.05) is 5.32 Å². The van der Waals surface area contributed by atoms with Crippen LogP contribution in [0.25, 0.3) is 0 Å². The van der Waals surface area contributed by atoms with Crippen molar-refractivity contribution in [3.8, 4) is 0 Å². The molecule has 0 aromatic carbocycles. The van der Waals surface area contributed by atoms with Crippen LogP contribution in [0.3, 0.4) is 0 Å². The third-order valence-electron chi connectivity index (χ3n) is 2.19. The van der Waals surface area contributed by atoms with Crippen LogP contribution in [0.1, 0.15) is 10.6 Å². The minimum absolute atomic E-state index is 0.826. The summed E-state index contributed by atoms with van der Waals surface area (Å²) in [5.74, 6) is 0.930. The first-order chi connectivity index (χ1) is 7.15. The highest BCUT2D eigenvalue weighted by Gasteiger charge is 2.01. The van der Waals surface area contributed by atoms with Gasteiger partial charge in [-0.25, -0.2) is 0 Å². The summed E-state index contributed by atoms with van der Waals surface area (Å²) in [6.45, 7) is 2.87. The van der Waals surface area contributed by atoms with Gasteiger partial charge in [0.05, 0.1) is 10.3 Å². The molecule has 0 aliphatic carbocycles. The van der Waals surface area contributed by atoms with E-state index < -0.39 is 0 Å². The molecule has 0 aliphatic heterocycles. The summed E-state index contributed by atoms with van der Waals surface area (Å²) in [6, 6.07) is 6.21. The molecule has 0 saturated carbocycles. The van der Waals surface area contributed by atoms with E-state index in [0.29, 0.717) is 0 Å². The van der Waals surface area contributed by atoms with Gasteiger partial charge in [0, 0.05) is 23.7 Å². The molecule has 15 heavy (non-hydrogen) atoms. The highest BCUT2D eigenvalue weighted by Crippen LogP contribution is 2.22. The molecule has 0 amide bonds. The third kappa shape index (κ3) is 2.60. The number of nitrogens with one attached hydrogen (secondary N) is 1. The van der Waals surface area contributed by atoms with E-state index in [2.05, 4.69) is 38.5 Å². The van der Waals surface area contributed by atoms with E-state index in [1.807, 2.05) is 24.7 Å². The van der Waals surface area contributed by atoms with Crippen molar-refractivity contribution in [2.24, 2.45) is 7.05 Å². The van der Waals surface area contributed by atoms with Crippen molar-refractivity contribution >= 4 is 33.1 Å². The van der Waals surface area contributed by atoms with Gasteiger partial charge in [-0.2, -0.15) is 5.10 Å². The molecule has 80 valence electrons. The monoisotopic (exact) mass is 285 g/mol. The highest BCUT2D eigenvalue weighted by molar-refractivity contribution is 9.11. The number of halogens is 1. The normalized spacial score (nSPS) is 10.6. The summed E-state index contributed by atoms with van der Waals surface area (Å²) in [6.07, 6.45) is 0. The SMILES string of the molecule is Cc1cc(NCc2ccc(Br)s2)nn1C. The second kappa shape index (κ2) is 4.37. The Morgan fingerprint density at radius 1 is 1.53 bits per heavy atom. The van der Waals surface area contributed by atoms with Crippen LogP contribution >= 0.6 is 27.3 Å². The van der Waals surface area contributed by atoms with E-state index in [1.165, 1.54) is 4.88 Å². The van der Waals surface area contributed by atoms with Gasteiger partial charge in [-0.05, 0) is 35.0 Å². The molecule has 0 atom stereocenters. The lowest BCUT2D eigenvalue weighted by Gasteiger charge is -1.98. The lowest BCUT2D eigenvalue weighted by atomic mass is 10.4. The summed E-state index contributed by atoms with van der Waals surface area (Å²) >= 11 is 5.18. The minimum Gasteiger partial charge on any atom is -0.364 e. The average molecular weight is 286 g/mol. The first-order valence-corrected chi connectivity index (χ1v) is 6.25. The van der Waals surface area contributed by atoms with Gasteiger partial charge >= 0.3 is 0 Å². The summed E-state index contributed by atoms with van der Waals surface area (Å²) in [5, 5.41) is 7.62. The standard InChI is InChI=1S/C10H12BrN3S/c1-7-5-10(13-14(7)2)12-6-8-3-4-9(11)15-8/h3-5H,6H2,1-2H3,(H,12,13). The second-order valence-electron chi connectivity index (χ2n) is 3.35. The van der Waals surface area contributed by atoms with Crippen LogP contribution in [-0.4, -0.2) is 9.78 Å². The fourth-order valence-electron chi connectivity index (χ4n) is 1.27. The van der Waals surface area contributed by atoms with Crippen LogP contribution in [0.4, 0.5) is 5.82 Å². The number of aryl methyl sites for hydroxylation is 2. The lowest BCUT2D eigenvalue weighted by molar-refractivity contribution is 0.741. The summed E-state index contributed by atoms with van der Waals surface area (Å²) < 4.78 is 3.03. The van der Waals surface area contributed by atoms with Gasteiger partial charge in [0.2, 0.25) is 0 Å². The van der Waals surface area contributed by atoms with E-state index in [9.17, 15) is 0 Å². The van der Waals surface area contributed by atoms with Gasteiger partial charge in [-0.3, -0.25) is 4.68 Å². The maximum Gasteiger partial charge on any atom is 0.148 e. The molecule has 0 saturated heterocycles. The van der Waals surface area contributed by atoms with Crippen LogP contribution in [-0.2, 0) is 13.6 Å². The zero-order chi connectivity index (χ0) is 10.8. The fourth-order valence-corrected chi connectivity index (χ4v) is 2.69. The Balaban J connectivity index is 1.99. The van der Waals surface area contributed by atoms with Crippen LogP contribution in [0.15, 0.2) is 22.0 Å². The van der Waals surface area contributed by atoms with E-state index in [0.717, 1.165) is 21.8 Å². The fraction of sp³-hybridized carbons (Fsp3) is 0.300. The number of hydrogen-bond acceptors (Lipinski definition) is 3. The molecular formula is C10H12BrN3S. The van der Waals surface area contributed by atoms with Crippen molar-refractivity contribution in [3.05, 3.63) is 32.6 Å². The Labute approximate surface area is 101 Å². The van der Waals surface area contributed by atoms with Gasteiger partial charge in [0.15, 0.2) is 0 Å². The third-order valence-corrected chi connectivity index (χ3v) is 3.81. The van der Waals surface area contributed by atoms with Crippen molar-refractivity contribution in [3.63, 3.8) is 0 Å². The Bertz CT molecular complexity index is 441. The second-order valence-corrected chi connectivity index (χ2v) is 5.90. The first kappa shape index (κ1) is 10.7. The number of anilines is 1. The minimum atomic E-state index is 0.826. The number of rotatable bonds is 3. The quantitative estimate of drug-likeness (QED) is 0.939. The predicted molar refractivity (Wildman–Crippen MR) is 67.3 cm³/mol. The van der Waals surface area contributed by atoms with Crippen molar-refractivity contribution < 1.29 is 0 Å². The maximum atomic E-state index is 4.33. The molecule has 2 rings (SSSR count). The number of thiophene rings is 1. The molecule has 0 unspecified atom stereocenters. The Kier molecular flexibility index (Phi) is 3.11. The molecule has 2 heterocycles. The van der Waals surface area contributed by atoms with Gasteiger partial charge in [-0.1, -0.05) is 0 Å². The van der Waals surface area contributed by atoms with Crippen molar-refractivity contribution in [2.45, 2.75) is 13.5 Å². The van der Waals surface area contributed by atoms with E-state index in [-0.39, 0.29) is 0 Å². The Hall–Kier alpha value is -0.810. The average Bonchev–Trinajstić information content (AvgIpc) is 2.72. The molecule has 0 bridgehead atoms. The largest absolute Gasteiger partial charge is 0.364 e. The molecule has 5 heteroatoms. The Morgan fingerprint density at radius 2 is 2.33 bits per heavy atom. The van der Waals surface area contributed by atoms with E-state index >= 15 is 0 Å². The number of nitrogens with zero attached hydrogens (tertiary/aromatic N) is 2. The summed E-state index contributed by atoms with van der Waals surface area (Å²) in [4.78, 5) is 1.30. The van der Waals surface area contributed by atoms with Gasteiger partial charge < -0.3 is 5.32 Å². The van der Waals surface area contributed by atoms with Crippen LogP contribution < -0.4 is 5.32 Å². The molecule has 0 fully saturated rings. The summed E-state index contributed by atoms with van der Waals surface area (Å²) in [5.41, 5.74) is 1.16. The maximum absolute atomic E-state index is 4.33. The van der Waals surface area contributed by atoms with Crippen molar-refractivity contribution in [1.29, 1.82) is 0 Å². The zero-order valence-electron chi connectivity index (χ0n) is 8.62. The molecule has 0 radical (unpaired) electrons. The van der Waals surface area contributed by atoms with E-state index in [4.69, 9.17) is 0 Å². The van der Waals surface area contributed by atoms with Gasteiger partial charge in [0.25, 0.3) is 0 Å². The molecular weight excluding hydrogens is 274 g/mol. The summed E-state index contributed by atoms with van der Waals surface area (Å²) in [7, 11) is 1.95. The molecule has 3 nitrogen and oxygen atoms in total. The van der Waals surface area contributed by atoms with Crippen LogP contribution in [0.5, 0.6) is 0 Å². The molecule has 0 aliphatic rings. The van der Waals surface area contributed by atoms with Crippen LogP contribution in [0, 0.1) is 6.92 Å². The van der Waals surface area contributed by atoms with Crippen molar-refractivity contribution in [1.82, 2.24) is 9.78 Å². The van der Waals surface area contributed by atoms with Gasteiger partial charge in [0.1, 0.15) is 5.82 Å². The molecule has 0 spiro atoms. The molecule has 2 aromatic heterocycles. The molecule has 2 aromatic rings. The molecule has 1 N–H and O–H groups in total. The number of hydrogen-bond donors (Lipinski definition) is 1. The topological polar surface area (TPSA) is 29.9 Å².